The van der Waals surface area contributed by atoms with Crippen molar-refractivity contribution >= 4 is 32.6 Å². The van der Waals surface area contributed by atoms with Crippen LogP contribution < -0.4 is 24.0 Å². The zero-order valence-electron chi connectivity index (χ0n) is 16.7. The normalized spacial score (nSPS) is 15.5. The first-order valence-corrected chi connectivity index (χ1v) is 10.3. The molecule has 0 radical (unpaired) electrons. The van der Waals surface area contributed by atoms with Gasteiger partial charge in [-0.05, 0) is 24.3 Å². The molecule has 1 atom stereocenters. The monoisotopic (exact) mass is 414 g/mol. The Kier molecular flexibility index (Phi) is 5.55. The summed E-state index contributed by atoms with van der Waals surface area (Å²) in [7, 11) is 5.74. The number of para-hydroxylation sites is 2. The van der Waals surface area contributed by atoms with E-state index < -0.39 is 6.10 Å². The number of nitrogens with zero attached hydrogens (tertiary/aromatic N) is 2. The van der Waals surface area contributed by atoms with Gasteiger partial charge in [0.05, 0.1) is 44.5 Å². The molecule has 1 aliphatic rings. The molecule has 1 aliphatic heterocycles. The third-order valence-electron chi connectivity index (χ3n) is 4.70. The van der Waals surface area contributed by atoms with E-state index in [2.05, 4.69) is 14.1 Å². The van der Waals surface area contributed by atoms with Crippen molar-refractivity contribution in [1.82, 2.24) is 4.98 Å². The SMILES string of the molecule is COc1ccc2sc(N(CC[NH+](C)C)C(=O)[C@@H]3COc4ccccc4O3)nc2c1. The first kappa shape index (κ1) is 19.5. The van der Waals surface area contributed by atoms with Crippen LogP contribution in [0, 0.1) is 0 Å². The molecule has 0 bridgehead atoms. The lowest BCUT2D eigenvalue weighted by molar-refractivity contribution is -0.856. The van der Waals surface area contributed by atoms with Gasteiger partial charge in [0.25, 0.3) is 5.91 Å². The molecule has 3 aromatic rings. The van der Waals surface area contributed by atoms with Gasteiger partial charge in [0.15, 0.2) is 16.6 Å². The third-order valence-corrected chi connectivity index (χ3v) is 5.76. The molecule has 2 heterocycles. The van der Waals surface area contributed by atoms with Gasteiger partial charge >= 0.3 is 0 Å². The van der Waals surface area contributed by atoms with Crippen molar-refractivity contribution in [3.05, 3.63) is 42.5 Å². The van der Waals surface area contributed by atoms with Crippen LogP contribution in [0.15, 0.2) is 42.5 Å². The Balaban J connectivity index is 1.62. The molecule has 8 heteroatoms. The van der Waals surface area contributed by atoms with Crippen molar-refractivity contribution in [3.8, 4) is 17.2 Å². The summed E-state index contributed by atoms with van der Waals surface area (Å²) < 4.78 is 18.0. The Morgan fingerprint density at radius 3 is 2.83 bits per heavy atom. The fraction of sp³-hybridized carbons (Fsp3) is 0.333. The fourth-order valence-corrected chi connectivity index (χ4v) is 4.07. The molecule has 0 saturated heterocycles. The van der Waals surface area contributed by atoms with Crippen LogP contribution in [0.3, 0.4) is 0 Å². The number of benzene rings is 2. The van der Waals surface area contributed by atoms with Crippen molar-refractivity contribution in [2.24, 2.45) is 0 Å². The number of nitrogens with one attached hydrogen (secondary N) is 1. The molecule has 0 fully saturated rings. The van der Waals surface area contributed by atoms with Crippen molar-refractivity contribution < 1.29 is 23.9 Å². The van der Waals surface area contributed by atoms with Crippen LogP contribution in [0.5, 0.6) is 17.2 Å². The van der Waals surface area contributed by atoms with Gasteiger partial charge in [-0.25, -0.2) is 4.98 Å². The summed E-state index contributed by atoms with van der Waals surface area (Å²) in [6, 6.07) is 13.1. The molecule has 0 saturated carbocycles. The van der Waals surface area contributed by atoms with Crippen LogP contribution in [0.4, 0.5) is 5.13 Å². The van der Waals surface area contributed by atoms with E-state index in [1.54, 1.807) is 12.0 Å². The highest BCUT2D eigenvalue weighted by atomic mass is 32.1. The minimum Gasteiger partial charge on any atom is -0.497 e. The maximum atomic E-state index is 13.4. The van der Waals surface area contributed by atoms with Gasteiger partial charge in [-0.3, -0.25) is 9.69 Å². The molecule has 0 spiro atoms. The van der Waals surface area contributed by atoms with Crippen molar-refractivity contribution in [2.45, 2.75) is 6.10 Å². The van der Waals surface area contributed by atoms with Gasteiger partial charge in [-0.2, -0.15) is 0 Å². The number of fused-ring (bicyclic) bond motifs is 2. The van der Waals surface area contributed by atoms with Crippen LogP contribution in [0.2, 0.25) is 0 Å². The van der Waals surface area contributed by atoms with Gasteiger partial charge < -0.3 is 19.1 Å². The molecular weight excluding hydrogens is 390 g/mol. The standard InChI is InChI=1S/C21H23N3O4S/c1-23(2)10-11-24(21-22-15-12-14(26-3)8-9-19(15)29-21)20(25)18-13-27-16-6-4-5-7-17(16)28-18/h4-9,12,18H,10-11,13H2,1-3H3/p+1/t18-/m0/s1. The van der Waals surface area contributed by atoms with Gasteiger partial charge in [0, 0.05) is 6.07 Å². The summed E-state index contributed by atoms with van der Waals surface area (Å²) in [4.78, 5) is 21.0. The Bertz CT molecular complexity index is 1020. The maximum Gasteiger partial charge on any atom is 0.273 e. The summed E-state index contributed by atoms with van der Waals surface area (Å²) in [6.07, 6.45) is -0.705. The summed E-state index contributed by atoms with van der Waals surface area (Å²) in [6.45, 7) is 1.51. The Labute approximate surface area is 173 Å². The van der Waals surface area contributed by atoms with Gasteiger partial charge in [0.1, 0.15) is 12.4 Å². The number of carbonyl (C=O) groups excluding carboxylic acids is 1. The number of hydrogen-bond donors (Lipinski definition) is 1. The molecule has 152 valence electrons. The number of rotatable bonds is 6. The number of methoxy groups -OCH3 is 1. The van der Waals surface area contributed by atoms with Crippen molar-refractivity contribution in [3.63, 3.8) is 0 Å². The summed E-state index contributed by atoms with van der Waals surface area (Å²) in [5.41, 5.74) is 0.811. The van der Waals surface area contributed by atoms with E-state index in [1.807, 2.05) is 42.5 Å². The number of likely N-dealkylation sites (N-methyl/N-ethyl adjacent to an activating group) is 1. The predicted molar refractivity (Wildman–Crippen MR) is 113 cm³/mol. The smallest absolute Gasteiger partial charge is 0.273 e. The highest BCUT2D eigenvalue weighted by molar-refractivity contribution is 7.22. The largest absolute Gasteiger partial charge is 0.497 e. The number of ether oxygens (including phenoxy) is 3. The number of anilines is 1. The third kappa shape index (κ3) is 4.13. The van der Waals surface area contributed by atoms with Gasteiger partial charge in [-0.15, -0.1) is 0 Å². The number of aromatic nitrogens is 1. The fourth-order valence-electron chi connectivity index (χ4n) is 3.09. The maximum absolute atomic E-state index is 13.4. The van der Waals surface area contributed by atoms with Crippen molar-refractivity contribution in [2.75, 3.05) is 45.8 Å². The molecule has 0 aliphatic carbocycles. The van der Waals surface area contributed by atoms with E-state index >= 15 is 0 Å². The summed E-state index contributed by atoms with van der Waals surface area (Å²) >= 11 is 1.49. The molecule has 0 unspecified atom stereocenters. The van der Waals surface area contributed by atoms with Crippen LogP contribution in [0.1, 0.15) is 0 Å². The topological polar surface area (TPSA) is 65.3 Å². The minimum absolute atomic E-state index is 0.147. The molecule has 2 aromatic carbocycles. The summed E-state index contributed by atoms with van der Waals surface area (Å²) in [5, 5.41) is 0.655. The molecule has 4 rings (SSSR count). The zero-order valence-corrected chi connectivity index (χ0v) is 17.5. The average molecular weight is 415 g/mol. The van der Waals surface area contributed by atoms with Crippen LogP contribution in [0.25, 0.3) is 10.2 Å². The second-order valence-electron chi connectivity index (χ2n) is 7.14. The predicted octanol–water partition coefficient (Wildman–Crippen LogP) is 1.62. The number of thiazole rings is 1. The molecule has 1 aromatic heterocycles. The number of carbonyl (C=O) groups is 1. The average Bonchev–Trinajstić information content (AvgIpc) is 3.15. The lowest BCUT2D eigenvalue weighted by atomic mass is 10.2. The first-order valence-electron chi connectivity index (χ1n) is 9.48. The number of hydrogen-bond acceptors (Lipinski definition) is 6. The Morgan fingerprint density at radius 1 is 1.28 bits per heavy atom. The Hall–Kier alpha value is -2.84. The van der Waals surface area contributed by atoms with Gasteiger partial charge in [0.2, 0.25) is 6.10 Å². The van der Waals surface area contributed by atoms with E-state index in [9.17, 15) is 4.79 Å². The van der Waals surface area contributed by atoms with Crippen LogP contribution in [-0.2, 0) is 4.79 Å². The van der Waals surface area contributed by atoms with E-state index in [0.717, 1.165) is 22.5 Å². The van der Waals surface area contributed by atoms with E-state index in [4.69, 9.17) is 19.2 Å². The second kappa shape index (κ2) is 8.26. The van der Waals surface area contributed by atoms with E-state index in [1.165, 1.54) is 16.2 Å². The summed E-state index contributed by atoms with van der Waals surface area (Å²) in [5.74, 6) is 1.84. The molecular formula is C21H24N3O4S+. The molecule has 29 heavy (non-hydrogen) atoms. The number of quaternary nitrogens is 1. The second-order valence-corrected chi connectivity index (χ2v) is 8.15. The highest BCUT2D eigenvalue weighted by Gasteiger charge is 2.33. The van der Waals surface area contributed by atoms with Crippen molar-refractivity contribution in [1.29, 1.82) is 0 Å². The van der Waals surface area contributed by atoms with E-state index in [-0.39, 0.29) is 12.5 Å². The molecule has 7 nitrogen and oxygen atoms in total. The van der Waals surface area contributed by atoms with Crippen LogP contribution in [-0.4, -0.2) is 57.9 Å². The van der Waals surface area contributed by atoms with E-state index in [0.29, 0.717) is 23.2 Å². The first-order chi connectivity index (χ1) is 14.0. The Morgan fingerprint density at radius 2 is 2.07 bits per heavy atom. The molecule has 1 amide bonds. The number of amides is 1. The quantitative estimate of drug-likeness (QED) is 0.664. The lowest BCUT2D eigenvalue weighted by Crippen LogP contribution is -3.06. The van der Waals surface area contributed by atoms with Gasteiger partial charge in [-0.1, -0.05) is 23.5 Å². The minimum atomic E-state index is -0.705. The highest BCUT2D eigenvalue weighted by Crippen LogP contribution is 2.34. The molecule has 1 N–H and O–H groups in total. The lowest BCUT2D eigenvalue weighted by Gasteiger charge is -2.29. The zero-order chi connectivity index (χ0) is 20.4. The van der Waals surface area contributed by atoms with Crippen LogP contribution >= 0.6 is 11.3 Å².